The molecule has 0 aliphatic carbocycles. The van der Waals surface area contributed by atoms with Crippen molar-refractivity contribution in [1.29, 1.82) is 0 Å². The molecule has 0 unspecified atom stereocenters. The molecule has 0 spiro atoms. The zero-order valence-corrected chi connectivity index (χ0v) is 17.2. The van der Waals surface area contributed by atoms with E-state index in [0.717, 1.165) is 24.2 Å². The number of piperidine rings is 1. The number of hydrogen-bond acceptors (Lipinski definition) is 2. The molecular weight excluding hydrogens is 375 g/mol. The molecular formula is C26H27FN2O. The first-order valence-corrected chi connectivity index (χ1v) is 10.5. The maximum atomic E-state index is 13.7. The summed E-state index contributed by atoms with van der Waals surface area (Å²) in [5.41, 5.74) is 4.23. The predicted molar refractivity (Wildman–Crippen MR) is 119 cm³/mol. The highest BCUT2D eigenvalue weighted by molar-refractivity contribution is 5.92. The molecule has 3 aromatic carbocycles. The van der Waals surface area contributed by atoms with Crippen LogP contribution in [0.2, 0.25) is 0 Å². The smallest absolute Gasteiger partial charge is 0.228 e. The third kappa shape index (κ3) is 5.14. The van der Waals surface area contributed by atoms with Crippen LogP contribution in [-0.4, -0.2) is 23.9 Å². The summed E-state index contributed by atoms with van der Waals surface area (Å²) < 4.78 is 13.7. The van der Waals surface area contributed by atoms with Gasteiger partial charge in [-0.3, -0.25) is 9.69 Å². The summed E-state index contributed by atoms with van der Waals surface area (Å²) >= 11 is 0. The minimum Gasteiger partial charge on any atom is -0.326 e. The number of carbonyl (C=O) groups is 1. The normalized spacial score (nSPS) is 19.4. The summed E-state index contributed by atoms with van der Waals surface area (Å²) in [5.74, 6) is -0.0438. The molecule has 1 amide bonds. The Kier molecular flexibility index (Phi) is 6.24. The number of halogens is 1. The number of amides is 1. The van der Waals surface area contributed by atoms with Crippen molar-refractivity contribution in [3.8, 4) is 0 Å². The van der Waals surface area contributed by atoms with Crippen LogP contribution in [0.5, 0.6) is 0 Å². The second kappa shape index (κ2) is 9.23. The summed E-state index contributed by atoms with van der Waals surface area (Å²) in [7, 11) is 0. The van der Waals surface area contributed by atoms with E-state index < -0.39 is 0 Å². The number of nitrogens with zero attached hydrogens (tertiary/aromatic N) is 1. The molecule has 30 heavy (non-hydrogen) atoms. The molecule has 1 aliphatic rings. The fourth-order valence-corrected chi connectivity index (χ4v) is 4.33. The van der Waals surface area contributed by atoms with Gasteiger partial charge >= 0.3 is 0 Å². The number of para-hydroxylation sites is 1. The number of anilines is 1. The maximum Gasteiger partial charge on any atom is 0.228 e. The van der Waals surface area contributed by atoms with Gasteiger partial charge in [0.1, 0.15) is 5.82 Å². The van der Waals surface area contributed by atoms with Crippen LogP contribution in [-0.2, 0) is 11.3 Å². The van der Waals surface area contributed by atoms with Gasteiger partial charge in [0.05, 0.1) is 5.92 Å². The molecule has 2 atom stereocenters. The second-order valence-electron chi connectivity index (χ2n) is 8.22. The predicted octanol–water partition coefficient (Wildman–Crippen LogP) is 5.38. The zero-order chi connectivity index (χ0) is 20.9. The third-order valence-electron chi connectivity index (χ3n) is 5.75. The van der Waals surface area contributed by atoms with E-state index in [-0.39, 0.29) is 23.6 Å². The number of likely N-dealkylation sites (tertiary alicyclic amines) is 1. The quantitative estimate of drug-likeness (QED) is 0.622. The molecule has 1 N–H and O–H groups in total. The van der Waals surface area contributed by atoms with E-state index in [0.29, 0.717) is 13.1 Å². The Morgan fingerprint density at radius 2 is 1.80 bits per heavy atom. The first-order valence-electron chi connectivity index (χ1n) is 10.5. The van der Waals surface area contributed by atoms with E-state index in [9.17, 15) is 9.18 Å². The summed E-state index contributed by atoms with van der Waals surface area (Å²) in [6.45, 7) is 4.25. The molecule has 0 bridgehead atoms. The molecule has 3 aromatic rings. The fourth-order valence-electron chi connectivity index (χ4n) is 4.33. The summed E-state index contributed by atoms with van der Waals surface area (Å²) in [5, 5.41) is 3.06. The SMILES string of the molecule is Cc1cccc([C@H]2C[C@H](C(=O)Nc3ccccc3)CN(Cc3cccc(F)c3)C2)c1. The molecule has 4 heteroatoms. The van der Waals surface area contributed by atoms with Crippen LogP contribution in [0.15, 0.2) is 78.9 Å². The Bertz CT molecular complexity index is 1000. The lowest BCUT2D eigenvalue weighted by Crippen LogP contribution is -2.43. The van der Waals surface area contributed by atoms with Crippen molar-refractivity contribution in [2.45, 2.75) is 25.8 Å². The van der Waals surface area contributed by atoms with Gasteiger partial charge in [-0.25, -0.2) is 4.39 Å². The van der Waals surface area contributed by atoms with Gasteiger partial charge < -0.3 is 5.32 Å². The first-order chi connectivity index (χ1) is 14.6. The lowest BCUT2D eigenvalue weighted by atomic mass is 9.83. The van der Waals surface area contributed by atoms with Gasteiger partial charge in [-0.1, -0.05) is 60.2 Å². The minimum absolute atomic E-state index is 0.0443. The molecule has 4 rings (SSSR count). The van der Waals surface area contributed by atoms with E-state index in [4.69, 9.17) is 0 Å². The molecule has 154 valence electrons. The number of benzene rings is 3. The molecule has 1 aliphatic heterocycles. The molecule has 0 saturated carbocycles. The number of aryl methyl sites for hydroxylation is 1. The van der Waals surface area contributed by atoms with Gasteiger partial charge in [0.25, 0.3) is 0 Å². The summed E-state index contributed by atoms with van der Waals surface area (Å²) in [4.78, 5) is 15.3. The number of nitrogens with one attached hydrogen (secondary N) is 1. The topological polar surface area (TPSA) is 32.3 Å². The molecule has 1 heterocycles. The molecule has 1 saturated heterocycles. The van der Waals surface area contributed by atoms with Crippen molar-refractivity contribution in [1.82, 2.24) is 4.90 Å². The van der Waals surface area contributed by atoms with Gasteiger partial charge in [-0.15, -0.1) is 0 Å². The molecule has 3 nitrogen and oxygen atoms in total. The highest BCUT2D eigenvalue weighted by Gasteiger charge is 2.32. The highest BCUT2D eigenvalue weighted by Crippen LogP contribution is 2.32. The average molecular weight is 403 g/mol. The van der Waals surface area contributed by atoms with E-state index >= 15 is 0 Å². The van der Waals surface area contributed by atoms with Crippen LogP contribution in [0.1, 0.15) is 29.0 Å². The maximum absolute atomic E-state index is 13.7. The van der Waals surface area contributed by atoms with Crippen LogP contribution in [0.4, 0.5) is 10.1 Å². The van der Waals surface area contributed by atoms with Crippen molar-refractivity contribution in [3.05, 3.63) is 101 Å². The van der Waals surface area contributed by atoms with Gasteiger partial charge in [-0.05, 0) is 54.7 Å². The van der Waals surface area contributed by atoms with Crippen LogP contribution < -0.4 is 5.32 Å². The average Bonchev–Trinajstić information content (AvgIpc) is 2.74. The summed E-state index contributed by atoms with van der Waals surface area (Å²) in [6.07, 6.45) is 0.807. The number of carbonyl (C=O) groups excluding carboxylic acids is 1. The standard InChI is InChI=1S/C26H27FN2O/c1-19-7-5-9-21(13-19)22-15-23(26(30)28-25-11-3-2-4-12-25)18-29(17-22)16-20-8-6-10-24(27)14-20/h2-14,22-23H,15-18H2,1H3,(H,28,30)/t22-,23-/m0/s1. The summed E-state index contributed by atoms with van der Waals surface area (Å²) in [6, 6.07) is 24.8. The van der Waals surface area contributed by atoms with Crippen molar-refractivity contribution in [2.24, 2.45) is 5.92 Å². The second-order valence-corrected chi connectivity index (χ2v) is 8.22. The van der Waals surface area contributed by atoms with Crippen molar-refractivity contribution >= 4 is 11.6 Å². The third-order valence-corrected chi connectivity index (χ3v) is 5.75. The highest BCUT2D eigenvalue weighted by atomic mass is 19.1. The van der Waals surface area contributed by atoms with Crippen molar-refractivity contribution in [3.63, 3.8) is 0 Å². The van der Waals surface area contributed by atoms with Crippen LogP contribution >= 0.6 is 0 Å². The first kappa shape index (κ1) is 20.3. The molecule has 0 aromatic heterocycles. The van der Waals surface area contributed by atoms with E-state index in [1.165, 1.54) is 17.2 Å². The Hall–Kier alpha value is -2.98. The van der Waals surface area contributed by atoms with E-state index in [1.54, 1.807) is 12.1 Å². The number of rotatable bonds is 5. The Balaban J connectivity index is 1.55. The van der Waals surface area contributed by atoms with Crippen LogP contribution in [0.3, 0.4) is 0 Å². The number of hydrogen-bond donors (Lipinski definition) is 1. The van der Waals surface area contributed by atoms with Gasteiger partial charge in [0.2, 0.25) is 5.91 Å². The van der Waals surface area contributed by atoms with Crippen LogP contribution in [0.25, 0.3) is 0 Å². The Morgan fingerprint density at radius 3 is 2.57 bits per heavy atom. The largest absolute Gasteiger partial charge is 0.326 e. The van der Waals surface area contributed by atoms with Gasteiger partial charge in [0, 0.05) is 25.3 Å². The van der Waals surface area contributed by atoms with E-state index in [2.05, 4.69) is 41.4 Å². The minimum atomic E-state index is -0.224. The molecule has 0 radical (unpaired) electrons. The van der Waals surface area contributed by atoms with Gasteiger partial charge in [0.15, 0.2) is 0 Å². The Morgan fingerprint density at radius 1 is 1.00 bits per heavy atom. The lowest BCUT2D eigenvalue weighted by Gasteiger charge is -2.37. The Labute approximate surface area is 177 Å². The van der Waals surface area contributed by atoms with Crippen LogP contribution in [0, 0.1) is 18.7 Å². The van der Waals surface area contributed by atoms with Gasteiger partial charge in [-0.2, -0.15) is 0 Å². The van der Waals surface area contributed by atoms with Crippen molar-refractivity contribution < 1.29 is 9.18 Å². The zero-order valence-electron chi connectivity index (χ0n) is 17.2. The fraction of sp³-hybridized carbons (Fsp3) is 0.269. The molecule has 1 fully saturated rings. The monoisotopic (exact) mass is 402 g/mol. The lowest BCUT2D eigenvalue weighted by molar-refractivity contribution is -0.121. The van der Waals surface area contributed by atoms with E-state index in [1.807, 2.05) is 36.4 Å². The van der Waals surface area contributed by atoms with Crippen molar-refractivity contribution in [2.75, 3.05) is 18.4 Å².